The number of esters is 1. The minimum Gasteiger partial charge on any atom is -0.459 e. The summed E-state index contributed by atoms with van der Waals surface area (Å²) in [6.45, 7) is 2.53. The number of hydrogen-bond donors (Lipinski definition) is 0. The number of benzene rings is 2. The Hall–Kier alpha value is -2.62. The molecule has 0 spiro atoms. The molecule has 4 nitrogen and oxygen atoms in total. The van der Waals surface area contributed by atoms with E-state index in [1.54, 1.807) is 0 Å². The average Bonchev–Trinajstić information content (AvgIpc) is 2.54. The molecule has 1 unspecified atom stereocenters. The lowest BCUT2D eigenvalue weighted by Gasteiger charge is -2.29. The number of aliphatic imine (C=N–C) groups is 1. The summed E-state index contributed by atoms with van der Waals surface area (Å²) in [7, 11) is 2.02. The zero-order valence-corrected chi connectivity index (χ0v) is 13.4. The number of ether oxygens (including phenoxy) is 1. The van der Waals surface area contributed by atoms with Crippen LogP contribution in [0.15, 0.2) is 59.6 Å². The quantitative estimate of drug-likeness (QED) is 0.801. The molecule has 1 aliphatic heterocycles. The molecule has 0 N–H and O–H groups in total. The first-order valence-corrected chi connectivity index (χ1v) is 7.73. The molecule has 0 saturated carbocycles. The van der Waals surface area contributed by atoms with Gasteiger partial charge in [0.2, 0.25) is 0 Å². The molecule has 4 heteroatoms. The molecule has 0 bridgehead atoms. The average molecular weight is 308 g/mol. The molecule has 23 heavy (non-hydrogen) atoms. The first-order chi connectivity index (χ1) is 11.1. The van der Waals surface area contributed by atoms with E-state index in [0.717, 1.165) is 22.5 Å². The fourth-order valence-electron chi connectivity index (χ4n) is 2.90. The van der Waals surface area contributed by atoms with E-state index in [1.165, 1.54) is 6.92 Å². The molecule has 1 heterocycles. The Labute approximate surface area is 136 Å². The summed E-state index contributed by atoms with van der Waals surface area (Å²) in [5.41, 5.74) is 4.19. The number of para-hydroxylation sites is 1. The van der Waals surface area contributed by atoms with Crippen molar-refractivity contribution < 1.29 is 9.53 Å². The van der Waals surface area contributed by atoms with Gasteiger partial charge in [0.05, 0.1) is 18.8 Å². The second kappa shape index (κ2) is 6.65. The normalized spacial score (nSPS) is 17.6. The Kier molecular flexibility index (Phi) is 4.42. The van der Waals surface area contributed by atoms with E-state index in [1.807, 2.05) is 37.4 Å². The number of anilines is 1. The molecule has 0 aromatic heterocycles. The van der Waals surface area contributed by atoms with E-state index in [9.17, 15) is 4.79 Å². The van der Waals surface area contributed by atoms with Crippen molar-refractivity contribution in [1.82, 2.24) is 0 Å². The lowest BCUT2D eigenvalue weighted by atomic mass is 9.99. The highest BCUT2D eigenvalue weighted by Crippen LogP contribution is 2.25. The Morgan fingerprint density at radius 3 is 2.57 bits per heavy atom. The maximum atomic E-state index is 11.3. The van der Waals surface area contributed by atoms with Crippen LogP contribution in [0.25, 0.3) is 0 Å². The van der Waals surface area contributed by atoms with E-state index >= 15 is 0 Å². The monoisotopic (exact) mass is 308 g/mol. The number of rotatable bonds is 2. The minimum atomic E-state index is -0.270. The van der Waals surface area contributed by atoms with Gasteiger partial charge in [-0.1, -0.05) is 48.5 Å². The minimum absolute atomic E-state index is 0.246. The van der Waals surface area contributed by atoms with Gasteiger partial charge in [0, 0.05) is 30.8 Å². The summed E-state index contributed by atoms with van der Waals surface area (Å²) in [5, 5.41) is 0. The predicted octanol–water partition coefficient (Wildman–Crippen LogP) is 2.91. The van der Waals surface area contributed by atoms with Crippen molar-refractivity contribution in [1.29, 1.82) is 0 Å². The van der Waals surface area contributed by atoms with Crippen molar-refractivity contribution in [3.8, 4) is 0 Å². The molecule has 3 rings (SSSR count). The highest BCUT2D eigenvalue weighted by molar-refractivity contribution is 6.16. The Balaban J connectivity index is 2.07. The number of likely N-dealkylation sites (N-methyl/N-ethyl adjacent to an activating group) is 1. The molecule has 118 valence electrons. The van der Waals surface area contributed by atoms with Crippen molar-refractivity contribution in [2.45, 2.75) is 13.0 Å². The molecule has 0 fully saturated rings. The summed E-state index contributed by atoms with van der Waals surface area (Å²) in [6, 6.07) is 18.3. The van der Waals surface area contributed by atoms with Gasteiger partial charge < -0.3 is 9.64 Å². The number of carbonyl (C=O) groups excluding carboxylic acids is 1. The Morgan fingerprint density at radius 1 is 1.13 bits per heavy atom. The maximum absolute atomic E-state index is 11.3. The number of carbonyl (C=O) groups is 1. The third kappa shape index (κ3) is 3.42. The van der Waals surface area contributed by atoms with Gasteiger partial charge in [-0.05, 0) is 6.07 Å². The fourth-order valence-corrected chi connectivity index (χ4v) is 2.90. The summed E-state index contributed by atoms with van der Waals surface area (Å²) >= 11 is 0. The number of fused-ring (bicyclic) bond motifs is 1. The van der Waals surface area contributed by atoms with Crippen LogP contribution in [-0.4, -0.2) is 37.9 Å². The zero-order chi connectivity index (χ0) is 16.2. The van der Waals surface area contributed by atoms with Crippen LogP contribution in [0.5, 0.6) is 0 Å². The van der Waals surface area contributed by atoms with Gasteiger partial charge in [-0.3, -0.25) is 9.79 Å². The van der Waals surface area contributed by atoms with E-state index in [4.69, 9.17) is 9.73 Å². The first-order valence-electron chi connectivity index (χ1n) is 7.73. The summed E-state index contributed by atoms with van der Waals surface area (Å²) in [4.78, 5) is 18.2. The van der Waals surface area contributed by atoms with Crippen LogP contribution in [0.3, 0.4) is 0 Å². The molecule has 2 aromatic rings. The summed E-state index contributed by atoms with van der Waals surface area (Å²) in [5.74, 6) is -0.270. The van der Waals surface area contributed by atoms with Gasteiger partial charge in [0.15, 0.2) is 0 Å². The molecular weight excluding hydrogens is 288 g/mol. The van der Waals surface area contributed by atoms with Gasteiger partial charge in [0.1, 0.15) is 6.10 Å². The summed E-state index contributed by atoms with van der Waals surface area (Å²) < 4.78 is 5.41. The second-order valence-electron chi connectivity index (χ2n) is 5.68. The largest absolute Gasteiger partial charge is 0.459 e. The van der Waals surface area contributed by atoms with Gasteiger partial charge >= 0.3 is 5.97 Å². The van der Waals surface area contributed by atoms with Gasteiger partial charge in [-0.2, -0.15) is 0 Å². The van der Waals surface area contributed by atoms with Crippen LogP contribution in [0.4, 0.5) is 5.69 Å². The highest BCUT2D eigenvalue weighted by Gasteiger charge is 2.22. The first kappa shape index (κ1) is 15.3. The zero-order valence-electron chi connectivity index (χ0n) is 13.4. The van der Waals surface area contributed by atoms with Crippen LogP contribution in [0, 0.1) is 0 Å². The maximum Gasteiger partial charge on any atom is 0.303 e. The molecule has 0 saturated heterocycles. The van der Waals surface area contributed by atoms with Gasteiger partial charge in [-0.15, -0.1) is 0 Å². The summed E-state index contributed by atoms with van der Waals surface area (Å²) in [6.07, 6.45) is -0.246. The van der Waals surface area contributed by atoms with E-state index < -0.39 is 0 Å². The second-order valence-corrected chi connectivity index (χ2v) is 5.68. The topological polar surface area (TPSA) is 41.9 Å². The Morgan fingerprint density at radius 2 is 1.83 bits per heavy atom. The lowest BCUT2D eigenvalue weighted by Crippen LogP contribution is -2.36. The van der Waals surface area contributed by atoms with E-state index in [0.29, 0.717) is 13.1 Å². The van der Waals surface area contributed by atoms with Crippen LogP contribution in [0.1, 0.15) is 18.1 Å². The number of nitrogens with zero attached hydrogens (tertiary/aromatic N) is 2. The predicted molar refractivity (Wildman–Crippen MR) is 92.2 cm³/mol. The molecule has 1 aliphatic rings. The lowest BCUT2D eigenvalue weighted by molar-refractivity contribution is -0.145. The fraction of sp³-hybridized carbons (Fsp3) is 0.263. The molecular formula is C19H20N2O2. The SMILES string of the molecule is CC(=O)OC1CN=C(c2ccccc2)c2ccccc2N(C)C1. The molecule has 0 amide bonds. The van der Waals surface area contributed by atoms with E-state index in [-0.39, 0.29) is 12.1 Å². The molecule has 2 aromatic carbocycles. The van der Waals surface area contributed by atoms with Gasteiger partial charge in [0.25, 0.3) is 0 Å². The molecule has 0 aliphatic carbocycles. The smallest absolute Gasteiger partial charge is 0.303 e. The van der Waals surface area contributed by atoms with Crippen LogP contribution >= 0.6 is 0 Å². The van der Waals surface area contributed by atoms with Crippen molar-refractivity contribution in [3.05, 3.63) is 65.7 Å². The van der Waals surface area contributed by atoms with Crippen molar-refractivity contribution in [3.63, 3.8) is 0 Å². The number of hydrogen-bond acceptors (Lipinski definition) is 4. The Bertz CT molecular complexity index is 725. The van der Waals surface area contributed by atoms with Crippen LogP contribution < -0.4 is 4.90 Å². The highest BCUT2D eigenvalue weighted by atomic mass is 16.5. The van der Waals surface area contributed by atoms with Crippen LogP contribution in [-0.2, 0) is 9.53 Å². The van der Waals surface area contributed by atoms with Gasteiger partial charge in [-0.25, -0.2) is 0 Å². The molecule has 0 radical (unpaired) electrons. The van der Waals surface area contributed by atoms with Crippen LogP contribution in [0.2, 0.25) is 0 Å². The third-order valence-electron chi connectivity index (χ3n) is 3.88. The van der Waals surface area contributed by atoms with Crippen molar-refractivity contribution >= 4 is 17.4 Å². The third-order valence-corrected chi connectivity index (χ3v) is 3.88. The van der Waals surface area contributed by atoms with Crippen molar-refractivity contribution in [2.24, 2.45) is 4.99 Å². The van der Waals surface area contributed by atoms with Crippen molar-refractivity contribution in [2.75, 3.05) is 25.0 Å². The molecule has 1 atom stereocenters. The standard InChI is InChI=1S/C19H20N2O2/c1-14(22)23-16-12-20-19(15-8-4-3-5-9-15)17-10-6-7-11-18(17)21(2)13-16/h3-11,16H,12-13H2,1-2H3. The van der Waals surface area contributed by atoms with E-state index in [2.05, 4.69) is 29.2 Å².